The molecule has 0 aromatic carbocycles. The summed E-state index contributed by atoms with van der Waals surface area (Å²) in [5, 5.41) is 46.8. The van der Waals surface area contributed by atoms with E-state index in [1.54, 1.807) is 0 Å². The molecule has 3 aromatic heterocycles. The van der Waals surface area contributed by atoms with Gasteiger partial charge in [-0.1, -0.05) is 0 Å². The molecule has 0 aliphatic rings. The van der Waals surface area contributed by atoms with Gasteiger partial charge in [0, 0.05) is 0 Å². The number of aliphatic hydroxyl groups excluding tert-OH is 2. The summed E-state index contributed by atoms with van der Waals surface area (Å²) in [6.45, 7) is 0.409. The number of hydrogen-bond donors (Lipinski definition) is 4. The lowest BCUT2D eigenvalue weighted by molar-refractivity contribution is 0.270. The zero-order valence-electron chi connectivity index (χ0n) is 12.3. The lowest BCUT2D eigenvalue weighted by Crippen LogP contribution is -2.13. The Kier molecular flexibility index (Phi) is 4.78. The predicted molar refractivity (Wildman–Crippen MR) is 78.4 cm³/mol. The summed E-state index contributed by atoms with van der Waals surface area (Å²) in [4.78, 5) is 7.96. The Morgan fingerprint density at radius 2 is 1.17 bits per heavy atom. The quantitative estimate of drug-likeness (QED) is 0.354. The molecule has 0 spiro atoms. The minimum atomic E-state index is -0.0766. The second kappa shape index (κ2) is 7.34. The maximum absolute atomic E-state index is 8.94. The molecule has 24 heavy (non-hydrogen) atoms. The van der Waals surface area contributed by atoms with Crippen LogP contribution in [0.5, 0.6) is 0 Å². The fourth-order valence-corrected chi connectivity index (χ4v) is 1.77. The van der Waals surface area contributed by atoms with Gasteiger partial charge in [-0.3, -0.25) is 10.6 Å². The van der Waals surface area contributed by atoms with Crippen LogP contribution >= 0.6 is 0 Å². The standard InChI is InChI=1S/C10H14N12O2/c23-3-1-21-9(11-5-13-21)15-7-17-19-8(20-18-7)16-10-12-6-14-22(10)2-4-24/h5-6,23-24H,1-4H2,(H,11,13,15,17,18)(H,12,14,16,19,20). The van der Waals surface area contributed by atoms with Crippen molar-refractivity contribution in [2.45, 2.75) is 13.1 Å². The third-order valence-corrected chi connectivity index (χ3v) is 2.78. The number of aromatic nitrogens is 10. The summed E-state index contributed by atoms with van der Waals surface area (Å²) in [5.41, 5.74) is 0. The smallest absolute Gasteiger partial charge is 0.269 e. The van der Waals surface area contributed by atoms with Gasteiger partial charge in [0.05, 0.1) is 26.3 Å². The maximum Gasteiger partial charge on any atom is 0.269 e. The Hall–Kier alpha value is -3.26. The van der Waals surface area contributed by atoms with E-state index in [9.17, 15) is 0 Å². The summed E-state index contributed by atoms with van der Waals surface area (Å²) in [6.07, 6.45) is 2.67. The molecular weight excluding hydrogens is 320 g/mol. The number of rotatable bonds is 8. The Bertz CT molecular complexity index is 703. The normalized spacial score (nSPS) is 10.8. The Morgan fingerprint density at radius 3 is 1.54 bits per heavy atom. The van der Waals surface area contributed by atoms with Crippen molar-refractivity contribution in [1.29, 1.82) is 0 Å². The summed E-state index contributed by atoms with van der Waals surface area (Å²) < 4.78 is 2.90. The number of nitrogens with one attached hydrogen (secondary N) is 2. The van der Waals surface area contributed by atoms with Crippen LogP contribution in [0.1, 0.15) is 0 Å². The van der Waals surface area contributed by atoms with Crippen molar-refractivity contribution in [3.63, 3.8) is 0 Å². The van der Waals surface area contributed by atoms with Gasteiger partial charge in [-0.2, -0.15) is 20.2 Å². The third-order valence-electron chi connectivity index (χ3n) is 2.78. The molecule has 0 fully saturated rings. The van der Waals surface area contributed by atoms with Crippen LogP contribution in [0.15, 0.2) is 12.7 Å². The van der Waals surface area contributed by atoms with Crippen LogP contribution in [-0.4, -0.2) is 73.4 Å². The average Bonchev–Trinajstić information content (AvgIpc) is 3.20. The van der Waals surface area contributed by atoms with Gasteiger partial charge in [0.1, 0.15) is 12.7 Å². The Balaban J connectivity index is 1.67. The van der Waals surface area contributed by atoms with Crippen molar-refractivity contribution in [2.75, 3.05) is 23.8 Å². The highest BCUT2D eigenvalue weighted by Gasteiger charge is 2.09. The lowest BCUT2D eigenvalue weighted by Gasteiger charge is -2.06. The van der Waals surface area contributed by atoms with Crippen LogP contribution in [0.3, 0.4) is 0 Å². The van der Waals surface area contributed by atoms with Crippen molar-refractivity contribution < 1.29 is 10.2 Å². The second-order valence-corrected chi connectivity index (χ2v) is 4.36. The monoisotopic (exact) mass is 334 g/mol. The highest BCUT2D eigenvalue weighted by atomic mass is 16.3. The van der Waals surface area contributed by atoms with E-state index in [2.05, 4.69) is 51.2 Å². The van der Waals surface area contributed by atoms with Crippen LogP contribution in [0.2, 0.25) is 0 Å². The maximum atomic E-state index is 8.94. The van der Waals surface area contributed by atoms with Crippen molar-refractivity contribution in [3.05, 3.63) is 12.7 Å². The van der Waals surface area contributed by atoms with Gasteiger partial charge in [0.2, 0.25) is 11.9 Å². The van der Waals surface area contributed by atoms with Gasteiger partial charge in [-0.05, 0) is 0 Å². The molecule has 14 heteroatoms. The van der Waals surface area contributed by atoms with Crippen LogP contribution in [-0.2, 0) is 13.1 Å². The topological polar surface area (TPSA) is 178 Å². The molecule has 4 N–H and O–H groups in total. The first-order valence-corrected chi connectivity index (χ1v) is 6.89. The lowest BCUT2D eigenvalue weighted by atomic mass is 10.7. The highest BCUT2D eigenvalue weighted by molar-refractivity contribution is 5.43. The van der Waals surface area contributed by atoms with E-state index >= 15 is 0 Å². The summed E-state index contributed by atoms with van der Waals surface area (Å²) >= 11 is 0. The Morgan fingerprint density at radius 1 is 0.750 bits per heavy atom. The number of aliphatic hydroxyl groups is 2. The van der Waals surface area contributed by atoms with E-state index < -0.39 is 0 Å². The molecule has 3 rings (SSSR count). The molecule has 0 radical (unpaired) electrons. The van der Waals surface area contributed by atoms with E-state index in [4.69, 9.17) is 10.2 Å². The van der Waals surface area contributed by atoms with Crippen LogP contribution < -0.4 is 10.6 Å². The van der Waals surface area contributed by atoms with Gasteiger partial charge in [-0.15, -0.1) is 20.4 Å². The van der Waals surface area contributed by atoms with Crippen LogP contribution in [0.4, 0.5) is 23.8 Å². The van der Waals surface area contributed by atoms with Crippen LogP contribution in [0, 0.1) is 0 Å². The van der Waals surface area contributed by atoms with Crippen molar-refractivity contribution >= 4 is 23.8 Å². The number of hydrogen-bond acceptors (Lipinski definition) is 12. The first-order valence-electron chi connectivity index (χ1n) is 6.89. The zero-order chi connectivity index (χ0) is 16.8. The van der Waals surface area contributed by atoms with Gasteiger partial charge in [0.15, 0.2) is 0 Å². The molecule has 0 atom stereocenters. The van der Waals surface area contributed by atoms with E-state index in [0.29, 0.717) is 11.9 Å². The minimum absolute atomic E-state index is 0.0766. The molecule has 0 aliphatic carbocycles. The van der Waals surface area contributed by atoms with E-state index in [0.717, 1.165) is 0 Å². The van der Waals surface area contributed by atoms with E-state index in [1.165, 1.54) is 22.0 Å². The third kappa shape index (κ3) is 3.55. The van der Waals surface area contributed by atoms with Gasteiger partial charge < -0.3 is 10.2 Å². The molecule has 0 aliphatic heterocycles. The second-order valence-electron chi connectivity index (χ2n) is 4.36. The number of anilines is 4. The first-order chi connectivity index (χ1) is 11.8. The minimum Gasteiger partial charge on any atom is -0.394 e. The number of nitrogens with zero attached hydrogens (tertiary/aromatic N) is 10. The molecule has 3 heterocycles. The zero-order valence-corrected chi connectivity index (χ0v) is 12.3. The molecular formula is C10H14N12O2. The van der Waals surface area contributed by atoms with E-state index in [-0.39, 0.29) is 38.2 Å². The predicted octanol–water partition coefficient (Wildman–Crippen LogP) is -2.08. The Labute approximate surface area is 134 Å². The average molecular weight is 334 g/mol. The van der Waals surface area contributed by atoms with Crippen molar-refractivity contribution in [3.8, 4) is 0 Å². The summed E-state index contributed by atoms with van der Waals surface area (Å²) in [5.74, 6) is 0.946. The van der Waals surface area contributed by atoms with E-state index in [1.807, 2.05) is 0 Å². The first kappa shape index (κ1) is 15.6. The van der Waals surface area contributed by atoms with Gasteiger partial charge in [0.25, 0.3) is 11.9 Å². The molecule has 0 saturated carbocycles. The molecule has 14 nitrogen and oxygen atoms in total. The fraction of sp³-hybridized carbons (Fsp3) is 0.400. The molecule has 0 amide bonds. The van der Waals surface area contributed by atoms with Gasteiger partial charge >= 0.3 is 0 Å². The fourth-order valence-electron chi connectivity index (χ4n) is 1.77. The molecule has 0 saturated heterocycles. The van der Waals surface area contributed by atoms with Crippen molar-refractivity contribution in [1.82, 2.24) is 49.9 Å². The summed E-state index contributed by atoms with van der Waals surface area (Å²) in [6, 6.07) is 0. The highest BCUT2D eigenvalue weighted by Crippen LogP contribution is 2.10. The molecule has 3 aromatic rings. The molecule has 0 bridgehead atoms. The summed E-state index contributed by atoms with van der Waals surface area (Å²) in [7, 11) is 0. The molecule has 0 unspecified atom stereocenters. The largest absolute Gasteiger partial charge is 0.394 e. The van der Waals surface area contributed by atoms with Gasteiger partial charge in [-0.25, -0.2) is 9.36 Å². The molecule has 126 valence electrons. The SMILES string of the molecule is OCCn1ncnc1Nc1nnc(Nc2ncnn2CCO)nn1. The van der Waals surface area contributed by atoms with Crippen molar-refractivity contribution in [2.24, 2.45) is 0 Å². The van der Waals surface area contributed by atoms with Crippen LogP contribution in [0.25, 0.3) is 0 Å².